The molecule has 0 aliphatic heterocycles. The van der Waals surface area contributed by atoms with Crippen LogP contribution in [0.2, 0.25) is 0 Å². The number of nitrogens with zero attached hydrogens (tertiary/aromatic N) is 2. The molecule has 0 atom stereocenters. The van der Waals surface area contributed by atoms with E-state index in [-0.39, 0.29) is 5.91 Å². The second-order valence-electron chi connectivity index (χ2n) is 4.76. The average molecular weight is 316 g/mol. The van der Waals surface area contributed by atoms with Crippen LogP contribution in [0.3, 0.4) is 0 Å². The summed E-state index contributed by atoms with van der Waals surface area (Å²) in [5, 5.41) is 13.8. The highest BCUT2D eigenvalue weighted by Crippen LogP contribution is 2.14. The van der Waals surface area contributed by atoms with Crippen molar-refractivity contribution in [2.24, 2.45) is 0 Å². The van der Waals surface area contributed by atoms with E-state index in [9.17, 15) is 4.79 Å². The largest absolute Gasteiger partial charge is 0.497 e. The van der Waals surface area contributed by atoms with E-state index in [1.54, 1.807) is 50.6 Å². The lowest BCUT2D eigenvalue weighted by Crippen LogP contribution is -2.14. The summed E-state index contributed by atoms with van der Waals surface area (Å²) in [4.78, 5) is 12.1. The van der Waals surface area contributed by atoms with Gasteiger partial charge in [-0.1, -0.05) is 6.07 Å². The first-order chi connectivity index (χ1) is 11.2. The number of nitrogens with one attached hydrogen (secondary N) is 2. The van der Waals surface area contributed by atoms with E-state index in [1.165, 1.54) is 0 Å². The van der Waals surface area contributed by atoms with Gasteiger partial charge in [0.15, 0.2) is 5.82 Å². The van der Waals surface area contributed by atoms with Crippen molar-refractivity contribution in [3.05, 3.63) is 42.0 Å². The molecule has 23 heavy (non-hydrogen) atoms. The van der Waals surface area contributed by atoms with Crippen LogP contribution < -0.4 is 15.4 Å². The molecule has 2 rings (SSSR count). The molecule has 0 saturated heterocycles. The fraction of sp³-hybridized carbons (Fsp3) is 0.312. The Morgan fingerprint density at radius 1 is 1.13 bits per heavy atom. The zero-order valence-electron chi connectivity index (χ0n) is 13.2. The number of hydrogen-bond donors (Lipinski definition) is 2. The molecular formula is C16H20N4O3. The number of aromatic nitrogens is 2. The molecule has 0 aliphatic rings. The fourth-order valence-electron chi connectivity index (χ4n) is 1.88. The number of methoxy groups -OCH3 is 2. The molecule has 0 spiro atoms. The quantitative estimate of drug-likeness (QED) is 0.726. The predicted molar refractivity (Wildman–Crippen MR) is 88.0 cm³/mol. The summed E-state index contributed by atoms with van der Waals surface area (Å²) in [6, 6.07) is 10.4. The minimum Gasteiger partial charge on any atom is -0.497 e. The summed E-state index contributed by atoms with van der Waals surface area (Å²) >= 11 is 0. The average Bonchev–Trinajstić information content (AvgIpc) is 2.60. The van der Waals surface area contributed by atoms with Gasteiger partial charge in [-0.05, 0) is 36.8 Å². The van der Waals surface area contributed by atoms with E-state index < -0.39 is 0 Å². The Kier molecular flexibility index (Phi) is 6.31. The van der Waals surface area contributed by atoms with Gasteiger partial charge < -0.3 is 20.1 Å². The van der Waals surface area contributed by atoms with E-state index in [0.717, 1.165) is 13.0 Å². The first-order valence-electron chi connectivity index (χ1n) is 7.25. The smallest absolute Gasteiger partial charge is 0.256 e. The molecule has 1 aromatic heterocycles. The highest BCUT2D eigenvalue weighted by Gasteiger charge is 2.08. The van der Waals surface area contributed by atoms with Gasteiger partial charge >= 0.3 is 0 Å². The van der Waals surface area contributed by atoms with E-state index in [2.05, 4.69) is 20.8 Å². The molecule has 0 aliphatic carbocycles. The Hall–Kier alpha value is -2.67. The third-order valence-electron chi connectivity index (χ3n) is 3.07. The van der Waals surface area contributed by atoms with Crippen molar-refractivity contribution in [1.82, 2.24) is 10.2 Å². The maximum absolute atomic E-state index is 12.1. The number of benzene rings is 1. The second-order valence-corrected chi connectivity index (χ2v) is 4.76. The maximum atomic E-state index is 12.1. The van der Waals surface area contributed by atoms with Crippen LogP contribution in [0.1, 0.15) is 16.8 Å². The minimum atomic E-state index is -0.265. The first kappa shape index (κ1) is 16.7. The number of carbonyl (C=O) groups is 1. The summed E-state index contributed by atoms with van der Waals surface area (Å²) in [6.07, 6.45) is 0.881. The number of hydrogen-bond acceptors (Lipinski definition) is 6. The van der Waals surface area contributed by atoms with Crippen LogP contribution in [-0.4, -0.2) is 43.5 Å². The molecule has 7 heteroatoms. The molecule has 7 nitrogen and oxygen atoms in total. The van der Waals surface area contributed by atoms with Crippen molar-refractivity contribution in [2.75, 3.05) is 38.0 Å². The fourth-order valence-corrected chi connectivity index (χ4v) is 1.88. The summed E-state index contributed by atoms with van der Waals surface area (Å²) in [6.45, 7) is 1.44. The van der Waals surface area contributed by atoms with Gasteiger partial charge in [0, 0.05) is 25.8 Å². The zero-order valence-corrected chi connectivity index (χ0v) is 13.2. The highest BCUT2D eigenvalue weighted by molar-refractivity contribution is 6.03. The topological polar surface area (TPSA) is 85.4 Å². The Morgan fingerprint density at radius 2 is 1.91 bits per heavy atom. The van der Waals surface area contributed by atoms with E-state index in [4.69, 9.17) is 9.47 Å². The van der Waals surface area contributed by atoms with E-state index in [0.29, 0.717) is 29.6 Å². The standard InChI is InChI=1S/C16H20N4O3/c1-22-10-4-9-17-14-7-8-15(20-19-14)18-16(21)12-5-3-6-13(11-12)23-2/h3,5-8,11H,4,9-10H2,1-2H3,(H,17,19)(H,18,20,21). The number of carbonyl (C=O) groups excluding carboxylic acids is 1. The number of rotatable bonds is 8. The Balaban J connectivity index is 1.90. The third kappa shape index (κ3) is 5.23. The van der Waals surface area contributed by atoms with Crippen LogP contribution in [0, 0.1) is 0 Å². The van der Waals surface area contributed by atoms with Crippen LogP contribution in [0.4, 0.5) is 11.6 Å². The SMILES string of the molecule is COCCCNc1ccc(NC(=O)c2cccc(OC)c2)nn1. The van der Waals surface area contributed by atoms with Crippen molar-refractivity contribution in [3.63, 3.8) is 0 Å². The Morgan fingerprint density at radius 3 is 2.61 bits per heavy atom. The van der Waals surface area contributed by atoms with Gasteiger partial charge in [-0.3, -0.25) is 4.79 Å². The molecule has 2 N–H and O–H groups in total. The molecule has 0 radical (unpaired) electrons. The van der Waals surface area contributed by atoms with Crippen LogP contribution in [0.15, 0.2) is 36.4 Å². The first-order valence-corrected chi connectivity index (χ1v) is 7.25. The zero-order chi connectivity index (χ0) is 16.5. The van der Waals surface area contributed by atoms with Gasteiger partial charge in [0.05, 0.1) is 7.11 Å². The molecule has 0 fully saturated rings. The van der Waals surface area contributed by atoms with Crippen molar-refractivity contribution >= 4 is 17.5 Å². The molecule has 0 saturated carbocycles. The van der Waals surface area contributed by atoms with Gasteiger partial charge in [-0.25, -0.2) is 0 Å². The maximum Gasteiger partial charge on any atom is 0.256 e. The number of anilines is 2. The molecule has 1 amide bonds. The van der Waals surface area contributed by atoms with Crippen LogP contribution in [-0.2, 0) is 4.74 Å². The summed E-state index contributed by atoms with van der Waals surface area (Å²) < 4.78 is 10.1. The summed E-state index contributed by atoms with van der Waals surface area (Å²) in [7, 11) is 3.22. The lowest BCUT2D eigenvalue weighted by Gasteiger charge is -2.07. The summed E-state index contributed by atoms with van der Waals surface area (Å²) in [5.41, 5.74) is 0.493. The van der Waals surface area contributed by atoms with Gasteiger partial charge in [0.25, 0.3) is 5.91 Å². The summed E-state index contributed by atoms with van der Waals surface area (Å²) in [5.74, 6) is 1.40. The normalized spacial score (nSPS) is 10.2. The molecule has 0 bridgehead atoms. The van der Waals surface area contributed by atoms with Gasteiger partial charge in [-0.2, -0.15) is 0 Å². The van der Waals surface area contributed by atoms with Crippen molar-refractivity contribution in [1.29, 1.82) is 0 Å². The highest BCUT2D eigenvalue weighted by atomic mass is 16.5. The second kappa shape index (κ2) is 8.70. The van der Waals surface area contributed by atoms with Crippen LogP contribution >= 0.6 is 0 Å². The molecule has 2 aromatic rings. The molecule has 1 aromatic carbocycles. The van der Waals surface area contributed by atoms with Gasteiger partial charge in [0.2, 0.25) is 0 Å². The molecule has 122 valence electrons. The third-order valence-corrected chi connectivity index (χ3v) is 3.07. The van der Waals surface area contributed by atoms with Crippen molar-refractivity contribution in [2.45, 2.75) is 6.42 Å². The van der Waals surface area contributed by atoms with Gasteiger partial charge in [0.1, 0.15) is 11.6 Å². The predicted octanol–water partition coefficient (Wildman–Crippen LogP) is 2.19. The molecule has 0 unspecified atom stereocenters. The van der Waals surface area contributed by atoms with Gasteiger partial charge in [-0.15, -0.1) is 10.2 Å². The lowest BCUT2D eigenvalue weighted by molar-refractivity contribution is 0.102. The van der Waals surface area contributed by atoms with Crippen molar-refractivity contribution < 1.29 is 14.3 Å². The molecular weight excluding hydrogens is 296 g/mol. The van der Waals surface area contributed by atoms with Crippen molar-refractivity contribution in [3.8, 4) is 5.75 Å². The molecule has 1 heterocycles. The van der Waals surface area contributed by atoms with Crippen LogP contribution in [0.25, 0.3) is 0 Å². The minimum absolute atomic E-state index is 0.265. The number of amides is 1. The van der Waals surface area contributed by atoms with Crippen LogP contribution in [0.5, 0.6) is 5.75 Å². The van der Waals surface area contributed by atoms with E-state index >= 15 is 0 Å². The van der Waals surface area contributed by atoms with E-state index in [1.807, 2.05) is 0 Å². The number of ether oxygens (including phenoxy) is 2. The lowest BCUT2D eigenvalue weighted by atomic mass is 10.2. The monoisotopic (exact) mass is 316 g/mol. The Labute approximate surface area is 135 Å². The Bertz CT molecular complexity index is 631.